The lowest BCUT2D eigenvalue weighted by Gasteiger charge is -2.20. The van der Waals surface area contributed by atoms with Crippen molar-refractivity contribution in [3.63, 3.8) is 0 Å². The average Bonchev–Trinajstić information content (AvgIpc) is 3.14. The van der Waals surface area contributed by atoms with Gasteiger partial charge in [-0.15, -0.1) is 24.0 Å². The third kappa shape index (κ3) is 5.69. The molecule has 152 valence electrons. The fourth-order valence-electron chi connectivity index (χ4n) is 3.07. The van der Waals surface area contributed by atoms with Gasteiger partial charge in [0.1, 0.15) is 5.75 Å². The van der Waals surface area contributed by atoms with E-state index in [1.807, 2.05) is 23.1 Å². The van der Waals surface area contributed by atoms with Crippen LogP contribution in [0.5, 0.6) is 5.75 Å². The van der Waals surface area contributed by atoms with Gasteiger partial charge in [0.25, 0.3) is 0 Å². The first-order valence-electron chi connectivity index (χ1n) is 8.75. The Morgan fingerprint density at radius 3 is 2.93 bits per heavy atom. The van der Waals surface area contributed by atoms with E-state index in [2.05, 4.69) is 36.5 Å². The smallest absolute Gasteiger partial charge is 0.191 e. The predicted octanol–water partition coefficient (Wildman–Crippen LogP) is 3.55. The first kappa shape index (κ1) is 22.7. The molecule has 0 saturated carbocycles. The monoisotopic (exact) mass is 563 g/mol. The van der Waals surface area contributed by atoms with Gasteiger partial charge < -0.3 is 20.3 Å². The summed E-state index contributed by atoms with van der Waals surface area (Å²) >= 11 is 3.50. The largest absolute Gasteiger partial charge is 0.496 e. The highest BCUT2D eigenvalue weighted by Crippen LogP contribution is 2.25. The summed E-state index contributed by atoms with van der Waals surface area (Å²) < 4.78 is 20.1. The highest BCUT2D eigenvalue weighted by Gasteiger charge is 2.25. The molecule has 1 saturated heterocycles. The van der Waals surface area contributed by atoms with Crippen molar-refractivity contribution in [3.8, 4) is 5.75 Å². The number of ether oxygens (including phenoxy) is 1. The lowest BCUT2D eigenvalue weighted by Crippen LogP contribution is -2.44. The minimum Gasteiger partial charge on any atom is -0.496 e. The molecule has 28 heavy (non-hydrogen) atoms. The Hall–Kier alpha value is -1.62. The van der Waals surface area contributed by atoms with E-state index in [-0.39, 0.29) is 35.8 Å². The van der Waals surface area contributed by atoms with Crippen LogP contribution in [0.4, 0.5) is 10.2 Å². The Morgan fingerprint density at radius 1 is 1.43 bits per heavy atom. The van der Waals surface area contributed by atoms with Gasteiger partial charge in [-0.1, -0.05) is 6.07 Å². The van der Waals surface area contributed by atoms with E-state index in [1.165, 1.54) is 6.07 Å². The summed E-state index contributed by atoms with van der Waals surface area (Å²) in [4.78, 5) is 10.4. The van der Waals surface area contributed by atoms with Crippen molar-refractivity contribution in [1.82, 2.24) is 15.6 Å². The molecule has 1 atom stereocenters. The Bertz CT molecular complexity index is 823. The van der Waals surface area contributed by atoms with Crippen LogP contribution in [-0.4, -0.2) is 44.2 Å². The van der Waals surface area contributed by atoms with Crippen LogP contribution in [0.2, 0.25) is 0 Å². The van der Waals surface area contributed by atoms with Crippen LogP contribution in [-0.2, 0) is 6.54 Å². The fraction of sp³-hybridized carbons (Fsp3) is 0.368. The molecule has 0 aliphatic carbocycles. The molecule has 2 aromatic rings. The highest BCUT2D eigenvalue weighted by molar-refractivity contribution is 14.0. The van der Waals surface area contributed by atoms with Gasteiger partial charge in [0.15, 0.2) is 17.6 Å². The number of anilines is 1. The standard InChI is InChI=1S/C19H23BrFN5O.HI/c1-22-19(24-11-13-5-6-17(27-2)15(20)10-13)25-14-7-9-26(12-14)18-16(21)4-3-8-23-18;/h3-6,8,10,14H,7,9,11-12H2,1-2H3,(H2,22,24,25);1H. The third-order valence-corrected chi connectivity index (χ3v) is 5.09. The summed E-state index contributed by atoms with van der Waals surface area (Å²) in [6.45, 7) is 2.07. The molecule has 2 N–H and O–H groups in total. The van der Waals surface area contributed by atoms with Crippen LogP contribution in [0.25, 0.3) is 0 Å². The SMILES string of the molecule is CN=C(NCc1ccc(OC)c(Br)c1)NC1CCN(c2ncccc2F)C1.I. The van der Waals surface area contributed by atoms with E-state index in [9.17, 15) is 4.39 Å². The number of pyridine rings is 1. The van der Waals surface area contributed by atoms with Crippen LogP contribution in [0, 0.1) is 5.82 Å². The lowest BCUT2D eigenvalue weighted by atomic mass is 10.2. The molecule has 0 radical (unpaired) electrons. The number of methoxy groups -OCH3 is 1. The van der Waals surface area contributed by atoms with Crippen LogP contribution >= 0.6 is 39.9 Å². The molecule has 3 rings (SSSR count). The number of aromatic nitrogens is 1. The molecule has 1 aromatic carbocycles. The zero-order valence-corrected chi connectivity index (χ0v) is 19.7. The molecular weight excluding hydrogens is 540 g/mol. The van der Waals surface area contributed by atoms with Gasteiger partial charge in [0, 0.05) is 38.9 Å². The predicted molar refractivity (Wildman–Crippen MR) is 124 cm³/mol. The van der Waals surface area contributed by atoms with Crippen molar-refractivity contribution >= 4 is 51.7 Å². The molecule has 1 aromatic heterocycles. The van der Waals surface area contributed by atoms with E-state index in [4.69, 9.17) is 4.74 Å². The minimum atomic E-state index is -0.286. The van der Waals surface area contributed by atoms with Gasteiger partial charge in [0.2, 0.25) is 0 Å². The van der Waals surface area contributed by atoms with Crippen LogP contribution < -0.4 is 20.3 Å². The van der Waals surface area contributed by atoms with E-state index < -0.39 is 0 Å². The molecule has 0 spiro atoms. The Labute approximate surface area is 190 Å². The zero-order valence-electron chi connectivity index (χ0n) is 15.8. The molecular formula is C19H24BrFIN5O. The Morgan fingerprint density at radius 2 is 2.25 bits per heavy atom. The first-order chi connectivity index (χ1) is 13.1. The Kier molecular flexibility index (Phi) is 8.74. The normalized spacial score (nSPS) is 16.5. The first-order valence-corrected chi connectivity index (χ1v) is 9.55. The summed E-state index contributed by atoms with van der Waals surface area (Å²) in [5.74, 6) is 1.64. The number of hydrogen-bond acceptors (Lipinski definition) is 4. The number of rotatable bonds is 5. The van der Waals surface area contributed by atoms with Gasteiger partial charge in [-0.3, -0.25) is 4.99 Å². The van der Waals surface area contributed by atoms with E-state index in [0.29, 0.717) is 18.9 Å². The summed E-state index contributed by atoms with van der Waals surface area (Å²) in [7, 11) is 3.38. The van der Waals surface area contributed by atoms with Gasteiger partial charge in [-0.05, 0) is 52.2 Å². The van der Waals surface area contributed by atoms with Crippen molar-refractivity contribution in [2.75, 3.05) is 32.1 Å². The molecule has 0 amide bonds. The van der Waals surface area contributed by atoms with E-state index in [1.54, 1.807) is 26.4 Å². The number of hydrogen-bond donors (Lipinski definition) is 2. The number of guanidine groups is 1. The molecule has 1 aliphatic heterocycles. The molecule has 2 heterocycles. The molecule has 1 unspecified atom stereocenters. The van der Waals surface area contributed by atoms with Crippen molar-refractivity contribution < 1.29 is 9.13 Å². The summed E-state index contributed by atoms with van der Waals surface area (Å²) in [5, 5.41) is 6.72. The second kappa shape index (κ2) is 10.8. The second-order valence-corrected chi connectivity index (χ2v) is 7.13. The summed E-state index contributed by atoms with van der Waals surface area (Å²) in [5.41, 5.74) is 1.11. The summed E-state index contributed by atoms with van der Waals surface area (Å²) in [6.07, 6.45) is 2.51. The second-order valence-electron chi connectivity index (χ2n) is 6.28. The number of halogens is 3. The van der Waals surface area contributed by atoms with Crippen molar-refractivity contribution in [3.05, 3.63) is 52.4 Å². The topological polar surface area (TPSA) is 61.8 Å². The van der Waals surface area contributed by atoms with Crippen molar-refractivity contribution in [2.24, 2.45) is 4.99 Å². The molecule has 6 nitrogen and oxygen atoms in total. The van der Waals surface area contributed by atoms with Gasteiger partial charge >= 0.3 is 0 Å². The zero-order chi connectivity index (χ0) is 19.2. The van der Waals surface area contributed by atoms with Gasteiger partial charge in [-0.25, -0.2) is 9.37 Å². The molecule has 1 aliphatic rings. The van der Waals surface area contributed by atoms with Gasteiger partial charge in [0.05, 0.1) is 11.6 Å². The van der Waals surface area contributed by atoms with Gasteiger partial charge in [-0.2, -0.15) is 0 Å². The van der Waals surface area contributed by atoms with Crippen LogP contribution in [0.15, 0.2) is 46.0 Å². The highest BCUT2D eigenvalue weighted by atomic mass is 127. The molecule has 1 fully saturated rings. The quantitative estimate of drug-likeness (QED) is 0.331. The number of nitrogens with zero attached hydrogens (tertiary/aromatic N) is 3. The maximum absolute atomic E-state index is 13.9. The Balaban J connectivity index is 0.00000280. The molecule has 0 bridgehead atoms. The average molecular weight is 564 g/mol. The number of nitrogens with one attached hydrogen (secondary N) is 2. The third-order valence-electron chi connectivity index (χ3n) is 4.47. The van der Waals surface area contributed by atoms with E-state index in [0.717, 1.165) is 34.7 Å². The lowest BCUT2D eigenvalue weighted by molar-refractivity contribution is 0.412. The van der Waals surface area contributed by atoms with Crippen LogP contribution in [0.1, 0.15) is 12.0 Å². The fourth-order valence-corrected chi connectivity index (χ4v) is 3.66. The maximum atomic E-state index is 13.9. The van der Waals surface area contributed by atoms with Crippen molar-refractivity contribution in [2.45, 2.75) is 19.0 Å². The van der Waals surface area contributed by atoms with Crippen molar-refractivity contribution in [1.29, 1.82) is 0 Å². The maximum Gasteiger partial charge on any atom is 0.191 e. The van der Waals surface area contributed by atoms with E-state index >= 15 is 0 Å². The number of benzene rings is 1. The van der Waals surface area contributed by atoms with Crippen LogP contribution in [0.3, 0.4) is 0 Å². The minimum absolute atomic E-state index is 0. The molecule has 9 heteroatoms. The number of aliphatic imine (C=N–C) groups is 1. The summed E-state index contributed by atoms with van der Waals surface area (Å²) in [6, 6.07) is 9.17.